The third kappa shape index (κ3) is 5.08. The molecule has 0 radical (unpaired) electrons. The lowest BCUT2D eigenvalue weighted by atomic mass is 10.2. The predicted molar refractivity (Wildman–Crippen MR) is 68.3 cm³/mol. The maximum Gasteiger partial charge on any atom is 0.585 e. The molecule has 0 aromatic carbocycles. The van der Waals surface area contributed by atoms with Crippen LogP contribution in [0.2, 0.25) is 0 Å². The Hall–Kier alpha value is -0.685. The summed E-state index contributed by atoms with van der Waals surface area (Å²) in [6.07, 6.45) is 7.49. The predicted octanol–water partition coefficient (Wildman–Crippen LogP) is 1.52. The molecule has 0 atom stereocenters. The molecule has 0 spiro atoms. The highest BCUT2D eigenvalue weighted by Crippen LogP contribution is 2.12. The molecule has 3 nitrogen and oxygen atoms in total. The summed E-state index contributed by atoms with van der Waals surface area (Å²) in [6.45, 7) is 0. The molecule has 1 aromatic heterocycles. The minimum Gasteiger partial charge on any atom is -0.408 e. The minimum absolute atomic E-state index is 0.706. The van der Waals surface area contributed by atoms with Crippen LogP contribution in [-0.4, -0.2) is 23.6 Å². The van der Waals surface area contributed by atoms with Gasteiger partial charge >= 0.3 is 7.25 Å². The highest BCUT2D eigenvalue weighted by atomic mass is 32.2. The van der Waals surface area contributed by atoms with Gasteiger partial charge in [0.2, 0.25) is 0 Å². The Bertz CT molecular complexity index is 336. The Morgan fingerprint density at radius 1 is 1.60 bits per heavy atom. The lowest BCUT2D eigenvalue weighted by Gasteiger charge is -2.04. The van der Waals surface area contributed by atoms with Gasteiger partial charge < -0.3 is 15.3 Å². The smallest absolute Gasteiger partial charge is 0.408 e. The van der Waals surface area contributed by atoms with Crippen LogP contribution >= 0.6 is 23.1 Å². The molecule has 0 saturated carbocycles. The van der Waals surface area contributed by atoms with Crippen molar-refractivity contribution in [2.24, 2.45) is 0 Å². The molecule has 1 heterocycles. The normalized spacial score (nSPS) is 12.1. The zero-order chi connectivity index (χ0) is 11.1. The Kier molecular flexibility index (Phi) is 5.56. The Balaban J connectivity index is 2.53. The summed E-state index contributed by atoms with van der Waals surface area (Å²) < 4.78 is 0. The molecule has 80 valence electrons. The Morgan fingerprint density at radius 3 is 2.93 bits per heavy atom. The topological polar surface area (TPSA) is 52.5 Å². The molecule has 0 aliphatic rings. The first kappa shape index (κ1) is 12.4. The van der Waals surface area contributed by atoms with Crippen molar-refractivity contribution in [1.82, 2.24) is 5.23 Å². The number of nitrogens with one attached hydrogen (secondary N) is 1. The summed E-state index contributed by atoms with van der Waals surface area (Å²) in [5.74, 6) is 0. The van der Waals surface area contributed by atoms with Crippen molar-refractivity contribution < 1.29 is 10.0 Å². The molecule has 1 aromatic rings. The van der Waals surface area contributed by atoms with Crippen molar-refractivity contribution in [3.8, 4) is 0 Å². The molecule has 0 fully saturated rings. The standard InChI is InChI=1S/C9H12BNO2S2/c1-14-9(11-10(12)13)6-2-4-8-5-3-7-15-8/h2-7,11-13H,1H3/b4-2+,9-6-. The maximum atomic E-state index is 8.71. The van der Waals surface area contributed by atoms with Gasteiger partial charge in [-0.15, -0.1) is 23.1 Å². The van der Waals surface area contributed by atoms with Crippen LogP contribution < -0.4 is 5.23 Å². The summed E-state index contributed by atoms with van der Waals surface area (Å²) in [5, 5.41) is 22.6. The van der Waals surface area contributed by atoms with Crippen LogP contribution in [0.15, 0.2) is 34.7 Å². The van der Waals surface area contributed by atoms with Gasteiger partial charge in [0.05, 0.1) is 5.03 Å². The van der Waals surface area contributed by atoms with E-state index < -0.39 is 7.25 Å². The van der Waals surface area contributed by atoms with E-state index in [2.05, 4.69) is 5.23 Å². The van der Waals surface area contributed by atoms with Crippen LogP contribution in [0.4, 0.5) is 0 Å². The third-order valence-corrected chi connectivity index (χ3v) is 3.07. The van der Waals surface area contributed by atoms with Gasteiger partial charge in [-0.2, -0.15) is 0 Å². The van der Waals surface area contributed by atoms with Gasteiger partial charge in [0.25, 0.3) is 0 Å². The van der Waals surface area contributed by atoms with Crippen molar-refractivity contribution >= 4 is 36.4 Å². The van der Waals surface area contributed by atoms with Crippen LogP contribution in [0.5, 0.6) is 0 Å². The van der Waals surface area contributed by atoms with Gasteiger partial charge in [-0.05, 0) is 29.9 Å². The quantitative estimate of drug-likeness (QED) is 0.540. The van der Waals surface area contributed by atoms with Crippen LogP contribution in [-0.2, 0) is 0 Å². The van der Waals surface area contributed by atoms with Crippen molar-refractivity contribution in [2.75, 3.05) is 6.26 Å². The van der Waals surface area contributed by atoms with E-state index in [4.69, 9.17) is 10.0 Å². The van der Waals surface area contributed by atoms with Gasteiger partial charge in [0, 0.05) is 4.88 Å². The highest BCUT2D eigenvalue weighted by Gasteiger charge is 2.06. The summed E-state index contributed by atoms with van der Waals surface area (Å²) in [7, 11) is -1.51. The average Bonchev–Trinajstić information content (AvgIpc) is 2.68. The van der Waals surface area contributed by atoms with Gasteiger partial charge in [0.1, 0.15) is 0 Å². The molecule has 0 bridgehead atoms. The van der Waals surface area contributed by atoms with Gasteiger partial charge in [-0.25, -0.2) is 0 Å². The van der Waals surface area contributed by atoms with E-state index in [9.17, 15) is 0 Å². The molecule has 15 heavy (non-hydrogen) atoms. The van der Waals surface area contributed by atoms with E-state index >= 15 is 0 Å². The number of allylic oxidation sites excluding steroid dienone is 2. The Labute approximate surface area is 97.7 Å². The molecule has 0 aliphatic carbocycles. The average molecular weight is 241 g/mol. The molecule has 6 heteroatoms. The zero-order valence-electron chi connectivity index (χ0n) is 8.25. The fraction of sp³-hybridized carbons (Fsp3) is 0.111. The summed E-state index contributed by atoms with van der Waals surface area (Å²) in [4.78, 5) is 1.16. The van der Waals surface area contributed by atoms with Gasteiger partial charge in [-0.3, -0.25) is 0 Å². The van der Waals surface area contributed by atoms with Crippen molar-refractivity contribution in [3.63, 3.8) is 0 Å². The van der Waals surface area contributed by atoms with Crippen LogP contribution in [0.25, 0.3) is 6.08 Å². The number of thioether (sulfide) groups is 1. The van der Waals surface area contributed by atoms with Crippen LogP contribution in [0.1, 0.15) is 4.88 Å². The zero-order valence-corrected chi connectivity index (χ0v) is 9.89. The van der Waals surface area contributed by atoms with Gasteiger partial charge in [0.15, 0.2) is 0 Å². The van der Waals surface area contributed by atoms with E-state index in [0.717, 1.165) is 4.88 Å². The third-order valence-electron chi connectivity index (χ3n) is 1.54. The molecule has 0 unspecified atom stereocenters. The van der Waals surface area contributed by atoms with E-state index in [1.165, 1.54) is 11.8 Å². The second kappa shape index (κ2) is 6.74. The number of rotatable bonds is 5. The summed E-state index contributed by atoms with van der Waals surface area (Å²) in [6, 6.07) is 4.00. The summed E-state index contributed by atoms with van der Waals surface area (Å²) in [5.41, 5.74) is 0. The fourth-order valence-electron chi connectivity index (χ4n) is 0.919. The van der Waals surface area contributed by atoms with Gasteiger partial charge in [-0.1, -0.05) is 12.1 Å². The second-order valence-corrected chi connectivity index (χ2v) is 4.45. The molecular weight excluding hydrogens is 229 g/mol. The fourth-order valence-corrected chi connectivity index (χ4v) is 1.99. The lowest BCUT2D eigenvalue weighted by molar-refractivity contribution is 0.396. The first-order valence-corrected chi connectivity index (χ1v) is 6.41. The van der Waals surface area contributed by atoms with Crippen LogP contribution in [0, 0.1) is 0 Å². The van der Waals surface area contributed by atoms with E-state index in [-0.39, 0.29) is 0 Å². The van der Waals surface area contributed by atoms with Crippen molar-refractivity contribution in [2.45, 2.75) is 0 Å². The Morgan fingerprint density at radius 2 is 2.40 bits per heavy atom. The molecule has 0 aliphatic heterocycles. The lowest BCUT2D eigenvalue weighted by Crippen LogP contribution is -2.31. The molecule has 0 amide bonds. The maximum absolute atomic E-state index is 8.71. The van der Waals surface area contributed by atoms with Crippen LogP contribution in [0.3, 0.4) is 0 Å². The number of thiophene rings is 1. The second-order valence-electron chi connectivity index (χ2n) is 2.63. The summed E-state index contributed by atoms with van der Waals surface area (Å²) >= 11 is 3.07. The minimum atomic E-state index is -1.51. The number of hydrogen-bond acceptors (Lipinski definition) is 5. The van der Waals surface area contributed by atoms with E-state index in [1.54, 1.807) is 17.4 Å². The van der Waals surface area contributed by atoms with E-state index in [1.807, 2.05) is 35.9 Å². The largest absolute Gasteiger partial charge is 0.585 e. The number of hydrogen-bond donors (Lipinski definition) is 3. The van der Waals surface area contributed by atoms with Crippen molar-refractivity contribution in [3.05, 3.63) is 39.6 Å². The van der Waals surface area contributed by atoms with E-state index in [0.29, 0.717) is 5.03 Å². The SMILES string of the molecule is CS/C(=C\C=C\c1cccs1)NB(O)O. The molecule has 1 rings (SSSR count). The molecular formula is C9H12BNO2S2. The monoisotopic (exact) mass is 241 g/mol. The van der Waals surface area contributed by atoms with Crippen molar-refractivity contribution in [1.29, 1.82) is 0 Å². The molecule has 3 N–H and O–H groups in total. The molecule has 0 saturated heterocycles. The first-order chi connectivity index (χ1) is 7.22. The highest BCUT2D eigenvalue weighted by molar-refractivity contribution is 8.02. The first-order valence-electron chi connectivity index (χ1n) is 4.31.